The third-order valence-corrected chi connectivity index (χ3v) is 8.86. The van der Waals surface area contributed by atoms with Crippen LogP contribution in [-0.4, -0.2) is 59.7 Å². The molecule has 1 aliphatic rings. The van der Waals surface area contributed by atoms with Crippen LogP contribution in [-0.2, 0) is 16.0 Å². The molecule has 6 rings (SSSR count). The molecule has 4 aromatic carbocycles. The Labute approximate surface area is 279 Å². The summed E-state index contributed by atoms with van der Waals surface area (Å²) in [5, 5.41) is 8.21. The number of halogens is 1. The minimum Gasteiger partial charge on any atom is -0.456 e. The zero-order chi connectivity index (χ0) is 33.8. The van der Waals surface area contributed by atoms with Crippen molar-refractivity contribution in [3.8, 4) is 0 Å². The van der Waals surface area contributed by atoms with Crippen LogP contribution in [0.15, 0.2) is 107 Å². The van der Waals surface area contributed by atoms with Crippen molar-refractivity contribution in [1.29, 1.82) is 0 Å². The fourth-order valence-corrected chi connectivity index (χ4v) is 6.14. The van der Waals surface area contributed by atoms with E-state index in [2.05, 4.69) is 16.7 Å². The van der Waals surface area contributed by atoms with Crippen LogP contribution < -0.4 is 10.6 Å². The Balaban J connectivity index is 1.13. The molecule has 0 atom stereocenters. The van der Waals surface area contributed by atoms with E-state index in [1.54, 1.807) is 23.2 Å². The minimum absolute atomic E-state index is 0.111. The van der Waals surface area contributed by atoms with Gasteiger partial charge in [0.2, 0.25) is 11.8 Å². The summed E-state index contributed by atoms with van der Waals surface area (Å²) >= 11 is 0. The van der Waals surface area contributed by atoms with Gasteiger partial charge >= 0.3 is 0 Å². The third kappa shape index (κ3) is 7.10. The lowest BCUT2D eigenvalue weighted by Crippen LogP contribution is -2.64. The highest BCUT2D eigenvalue weighted by molar-refractivity contribution is 6.05. The summed E-state index contributed by atoms with van der Waals surface area (Å²) in [6, 6.07) is 28.1. The molecule has 1 fully saturated rings. The van der Waals surface area contributed by atoms with Crippen molar-refractivity contribution in [2.45, 2.75) is 39.2 Å². The van der Waals surface area contributed by atoms with Crippen molar-refractivity contribution in [1.82, 2.24) is 15.1 Å². The first kappa shape index (κ1) is 32.5. The normalized spacial score (nSPS) is 15.7. The zero-order valence-corrected chi connectivity index (χ0v) is 27.7. The Morgan fingerprint density at radius 1 is 0.938 bits per heavy atom. The van der Waals surface area contributed by atoms with E-state index < -0.39 is 5.54 Å². The van der Waals surface area contributed by atoms with E-state index in [9.17, 15) is 14.0 Å². The predicted molar refractivity (Wildman–Crippen MR) is 190 cm³/mol. The molecule has 1 aromatic heterocycles. The fraction of sp³-hybridized carbons (Fsp3) is 0.256. The van der Waals surface area contributed by atoms with Gasteiger partial charge in [0.05, 0.1) is 17.8 Å². The zero-order valence-electron chi connectivity index (χ0n) is 27.7. The smallest absolute Gasteiger partial charge is 0.242 e. The van der Waals surface area contributed by atoms with Gasteiger partial charge in [-0.25, -0.2) is 9.38 Å². The number of rotatable bonds is 9. The van der Waals surface area contributed by atoms with Crippen molar-refractivity contribution in [3.63, 3.8) is 0 Å². The van der Waals surface area contributed by atoms with Gasteiger partial charge in [0.25, 0.3) is 0 Å². The average molecular weight is 646 g/mol. The molecule has 48 heavy (non-hydrogen) atoms. The molecule has 0 radical (unpaired) electrons. The number of para-hydroxylation sites is 1. The molecule has 0 bridgehead atoms. The Hall–Kier alpha value is -5.44. The van der Waals surface area contributed by atoms with E-state index in [-0.39, 0.29) is 30.6 Å². The highest BCUT2D eigenvalue weighted by atomic mass is 19.1. The van der Waals surface area contributed by atoms with Crippen molar-refractivity contribution in [2.24, 2.45) is 4.99 Å². The molecule has 0 spiro atoms. The highest BCUT2D eigenvalue weighted by Gasteiger charge is 2.41. The van der Waals surface area contributed by atoms with Crippen LogP contribution in [0.1, 0.15) is 37.0 Å². The summed E-state index contributed by atoms with van der Waals surface area (Å²) in [5.41, 5.74) is 5.24. The van der Waals surface area contributed by atoms with E-state index in [1.807, 2.05) is 93.4 Å². The van der Waals surface area contributed by atoms with E-state index in [4.69, 9.17) is 9.41 Å². The number of carbonyl (C=O) groups is 2. The van der Waals surface area contributed by atoms with Crippen LogP contribution >= 0.6 is 0 Å². The van der Waals surface area contributed by atoms with Crippen molar-refractivity contribution in [3.05, 3.63) is 120 Å². The topological polar surface area (TPSA) is 90.2 Å². The molecule has 1 aliphatic heterocycles. The second-order valence-electron chi connectivity index (χ2n) is 12.7. The number of likely N-dealkylation sites (N-methyl/N-ethyl adjacent to an activating group) is 1. The number of benzene rings is 4. The Morgan fingerprint density at radius 2 is 1.67 bits per heavy atom. The number of piperazine rings is 1. The maximum atomic E-state index is 13.8. The molecule has 2 heterocycles. The first-order valence-corrected chi connectivity index (χ1v) is 16.2. The molecule has 246 valence electrons. The lowest BCUT2D eigenvalue weighted by atomic mass is 9.96. The van der Waals surface area contributed by atoms with Crippen LogP contribution in [0.4, 0.5) is 10.1 Å². The second-order valence-corrected chi connectivity index (χ2v) is 12.7. The molecule has 0 aliphatic carbocycles. The summed E-state index contributed by atoms with van der Waals surface area (Å²) in [5.74, 6) is -0.0359. The molecule has 0 saturated carbocycles. The lowest BCUT2D eigenvalue weighted by Gasteiger charge is -2.47. The van der Waals surface area contributed by atoms with Crippen LogP contribution in [0, 0.1) is 12.7 Å². The van der Waals surface area contributed by atoms with Crippen LogP contribution in [0.5, 0.6) is 0 Å². The van der Waals surface area contributed by atoms with Crippen molar-refractivity contribution in [2.75, 3.05) is 32.0 Å². The van der Waals surface area contributed by atoms with E-state index in [0.29, 0.717) is 31.0 Å². The Morgan fingerprint density at radius 3 is 2.44 bits per heavy atom. The molecular formula is C39H40FN5O3. The summed E-state index contributed by atoms with van der Waals surface area (Å²) in [6.45, 7) is 6.86. The number of hydrogen-bond donors (Lipinski definition) is 2. The van der Waals surface area contributed by atoms with Crippen molar-refractivity contribution >= 4 is 51.0 Å². The van der Waals surface area contributed by atoms with Gasteiger partial charge in [-0.05, 0) is 87.4 Å². The number of furan rings is 1. The number of amides is 2. The molecule has 2 N–H and O–H groups in total. The Bertz CT molecular complexity index is 2010. The number of nitrogens with zero attached hydrogens (tertiary/aromatic N) is 3. The van der Waals surface area contributed by atoms with E-state index >= 15 is 0 Å². The summed E-state index contributed by atoms with van der Waals surface area (Å²) < 4.78 is 19.7. The fourth-order valence-electron chi connectivity index (χ4n) is 6.14. The largest absolute Gasteiger partial charge is 0.456 e. The predicted octanol–water partition coefficient (Wildman–Crippen LogP) is 7.14. The molecule has 8 nitrogen and oxygen atoms in total. The number of carbonyl (C=O) groups excluding carboxylic acids is 2. The van der Waals surface area contributed by atoms with Gasteiger partial charge in [0.1, 0.15) is 22.8 Å². The standard InChI is InChI=1S/C39H40FN5O3/c1-26-9-17-30(18-10-26)41-24-33(28-13-15-29(40)16-14-28)43-38-39(2,3)45(22-21-44(38)4)37(47)25-42-36(46)20-12-27-11-19-35-32(23-27)31-7-5-6-8-34(31)48-35/h5-11,13-19,23-24,41H,12,20-22,25H2,1-4H3,(H,42,46)/b33-24+,43-38?. The number of amidine groups is 1. The average Bonchev–Trinajstić information content (AvgIpc) is 3.45. The number of nitrogens with one attached hydrogen (secondary N) is 2. The van der Waals surface area contributed by atoms with E-state index in [0.717, 1.165) is 44.3 Å². The summed E-state index contributed by atoms with van der Waals surface area (Å²) in [6.07, 6.45) is 2.59. The second kappa shape index (κ2) is 13.7. The first-order valence-electron chi connectivity index (χ1n) is 16.2. The van der Waals surface area contributed by atoms with Crippen LogP contribution in [0.2, 0.25) is 0 Å². The van der Waals surface area contributed by atoms with Crippen LogP contribution in [0.25, 0.3) is 27.6 Å². The summed E-state index contributed by atoms with van der Waals surface area (Å²) in [4.78, 5) is 35.3. The van der Waals surface area contributed by atoms with Gasteiger partial charge in [-0.1, -0.05) is 42.0 Å². The number of hydrogen-bond acceptors (Lipinski definition) is 5. The molecule has 5 aromatic rings. The van der Waals surface area contributed by atoms with Crippen LogP contribution in [0.3, 0.4) is 0 Å². The number of fused-ring (bicyclic) bond motifs is 3. The quantitative estimate of drug-likeness (QED) is 0.178. The maximum absolute atomic E-state index is 13.8. The number of aryl methyl sites for hydroxylation is 2. The Kier molecular flexibility index (Phi) is 9.30. The number of aliphatic imine (C=N–C) groups is 1. The van der Waals surface area contributed by atoms with Gasteiger partial charge in [0, 0.05) is 54.8 Å². The molecule has 2 amide bonds. The third-order valence-electron chi connectivity index (χ3n) is 8.86. The maximum Gasteiger partial charge on any atom is 0.242 e. The summed E-state index contributed by atoms with van der Waals surface area (Å²) in [7, 11) is 1.95. The molecule has 1 saturated heterocycles. The molecule has 9 heteroatoms. The molecule has 0 unspecified atom stereocenters. The van der Waals surface area contributed by atoms with Gasteiger partial charge in [-0.15, -0.1) is 0 Å². The molecular weight excluding hydrogens is 605 g/mol. The van der Waals surface area contributed by atoms with Gasteiger partial charge in [-0.2, -0.15) is 0 Å². The lowest BCUT2D eigenvalue weighted by molar-refractivity contribution is -0.136. The highest BCUT2D eigenvalue weighted by Crippen LogP contribution is 2.30. The number of anilines is 1. The SMILES string of the molecule is Cc1ccc(N/C=C(/N=C2N(C)CCN(C(=O)CNC(=O)CCc3ccc4oc5ccccc5c4c3)C2(C)C)c2ccc(F)cc2)cc1. The first-order chi connectivity index (χ1) is 23.1. The van der Waals surface area contributed by atoms with Gasteiger partial charge in [-0.3, -0.25) is 9.59 Å². The van der Waals surface area contributed by atoms with Crippen molar-refractivity contribution < 1.29 is 18.4 Å². The van der Waals surface area contributed by atoms with E-state index in [1.165, 1.54) is 12.1 Å². The van der Waals surface area contributed by atoms with Gasteiger partial charge in [0.15, 0.2) is 0 Å². The minimum atomic E-state index is -0.791. The van der Waals surface area contributed by atoms with Gasteiger partial charge < -0.3 is 24.9 Å². The monoisotopic (exact) mass is 645 g/mol.